The number of benzene rings is 2. The van der Waals surface area contributed by atoms with E-state index in [-0.39, 0.29) is 0 Å². The second kappa shape index (κ2) is 5.11. The molecule has 0 saturated carbocycles. The predicted octanol–water partition coefficient (Wildman–Crippen LogP) is 5.37. The third kappa shape index (κ3) is 1.99. The Labute approximate surface area is 127 Å². The number of furan rings is 2. The van der Waals surface area contributed by atoms with Gasteiger partial charge in [-0.05, 0) is 47.9 Å². The molecule has 0 N–H and O–H groups in total. The number of hydrogen-bond acceptors (Lipinski definition) is 3. The molecule has 2 heterocycles. The summed E-state index contributed by atoms with van der Waals surface area (Å²) >= 11 is 0. The van der Waals surface area contributed by atoms with Gasteiger partial charge in [0.1, 0.15) is 17.3 Å². The van der Waals surface area contributed by atoms with E-state index in [1.807, 2.05) is 36.4 Å². The van der Waals surface area contributed by atoms with Gasteiger partial charge in [-0.15, -0.1) is 0 Å². The van der Waals surface area contributed by atoms with Crippen molar-refractivity contribution in [2.45, 2.75) is 0 Å². The molecule has 4 rings (SSSR count). The van der Waals surface area contributed by atoms with Crippen molar-refractivity contribution >= 4 is 10.8 Å². The van der Waals surface area contributed by atoms with Crippen LogP contribution in [0.3, 0.4) is 0 Å². The Hall–Kier alpha value is -2.94. The van der Waals surface area contributed by atoms with Crippen LogP contribution < -0.4 is 4.74 Å². The van der Waals surface area contributed by atoms with Crippen LogP contribution in [-0.2, 0) is 0 Å². The van der Waals surface area contributed by atoms with Gasteiger partial charge in [0, 0.05) is 10.9 Å². The van der Waals surface area contributed by atoms with Crippen molar-refractivity contribution in [3.05, 3.63) is 67.1 Å². The Morgan fingerprint density at radius 1 is 0.818 bits per heavy atom. The van der Waals surface area contributed by atoms with Crippen LogP contribution in [0.25, 0.3) is 33.4 Å². The lowest BCUT2D eigenvalue weighted by atomic mass is 10.0. The summed E-state index contributed by atoms with van der Waals surface area (Å²) in [6.45, 7) is 0. The molecule has 3 heteroatoms. The molecule has 4 aromatic rings. The van der Waals surface area contributed by atoms with Crippen molar-refractivity contribution in [1.82, 2.24) is 0 Å². The first-order valence-electron chi connectivity index (χ1n) is 7.05. The fourth-order valence-electron chi connectivity index (χ4n) is 2.74. The number of ether oxygens (including phenoxy) is 1. The Kier molecular flexibility index (Phi) is 2.97. The van der Waals surface area contributed by atoms with Crippen LogP contribution in [0.5, 0.6) is 5.75 Å². The maximum absolute atomic E-state index is 5.63. The maximum atomic E-state index is 5.63. The van der Waals surface area contributed by atoms with Crippen molar-refractivity contribution in [2.75, 3.05) is 7.11 Å². The number of hydrogen-bond donors (Lipinski definition) is 0. The van der Waals surface area contributed by atoms with E-state index in [0.29, 0.717) is 0 Å². The summed E-state index contributed by atoms with van der Waals surface area (Å²) in [6, 6.07) is 17.9. The normalized spacial score (nSPS) is 11.0. The van der Waals surface area contributed by atoms with E-state index in [2.05, 4.69) is 18.2 Å². The zero-order chi connectivity index (χ0) is 14.9. The highest BCUT2D eigenvalue weighted by atomic mass is 16.5. The fourth-order valence-corrected chi connectivity index (χ4v) is 2.74. The Balaban J connectivity index is 1.92. The molecule has 108 valence electrons. The average Bonchev–Trinajstić information content (AvgIpc) is 3.26. The van der Waals surface area contributed by atoms with Crippen molar-refractivity contribution in [2.24, 2.45) is 0 Å². The molecule has 0 fully saturated rings. The number of methoxy groups -OCH3 is 1. The van der Waals surface area contributed by atoms with Crippen LogP contribution in [0, 0.1) is 0 Å². The van der Waals surface area contributed by atoms with Crippen LogP contribution in [0.1, 0.15) is 0 Å². The van der Waals surface area contributed by atoms with Crippen LogP contribution in [0.2, 0.25) is 0 Å². The Bertz CT molecular complexity index is 903. The van der Waals surface area contributed by atoms with Crippen LogP contribution in [0.15, 0.2) is 76.0 Å². The molecule has 0 amide bonds. The van der Waals surface area contributed by atoms with Gasteiger partial charge in [-0.1, -0.05) is 12.1 Å². The van der Waals surface area contributed by atoms with E-state index in [1.54, 1.807) is 19.6 Å². The summed E-state index contributed by atoms with van der Waals surface area (Å²) in [6.07, 6.45) is 3.35. The van der Waals surface area contributed by atoms with Crippen molar-refractivity contribution < 1.29 is 13.6 Å². The van der Waals surface area contributed by atoms with Crippen molar-refractivity contribution in [3.8, 4) is 28.4 Å². The lowest BCUT2D eigenvalue weighted by Crippen LogP contribution is -1.89. The molecule has 0 unspecified atom stereocenters. The van der Waals surface area contributed by atoms with E-state index < -0.39 is 0 Å². The van der Waals surface area contributed by atoms with Crippen molar-refractivity contribution in [1.29, 1.82) is 0 Å². The molecule has 0 saturated heterocycles. The first-order valence-corrected chi connectivity index (χ1v) is 7.05. The highest BCUT2D eigenvalue weighted by molar-refractivity contribution is 5.96. The second-order valence-electron chi connectivity index (χ2n) is 5.04. The molecular formula is C19H14O3. The first kappa shape index (κ1) is 12.8. The van der Waals surface area contributed by atoms with Gasteiger partial charge < -0.3 is 13.6 Å². The molecular weight excluding hydrogens is 276 g/mol. The minimum atomic E-state index is 0.800. The molecule has 2 aromatic carbocycles. The van der Waals surface area contributed by atoms with E-state index in [1.165, 1.54) is 0 Å². The molecule has 0 spiro atoms. The zero-order valence-corrected chi connectivity index (χ0v) is 12.1. The standard InChI is InChI=1S/C19H14O3/c1-20-19-15-8-7-14(17-4-2-10-21-17)12-13(15)6-9-16(19)18-5-3-11-22-18/h2-12H,1H3. The minimum absolute atomic E-state index is 0.800. The van der Waals surface area contributed by atoms with Gasteiger partial charge in [0.25, 0.3) is 0 Å². The first-order chi connectivity index (χ1) is 10.9. The summed E-state index contributed by atoms with van der Waals surface area (Å²) in [4.78, 5) is 0. The van der Waals surface area contributed by atoms with Gasteiger partial charge in [-0.25, -0.2) is 0 Å². The summed E-state index contributed by atoms with van der Waals surface area (Å²) < 4.78 is 16.6. The maximum Gasteiger partial charge on any atom is 0.137 e. The van der Waals surface area contributed by atoms with E-state index in [0.717, 1.165) is 39.2 Å². The van der Waals surface area contributed by atoms with Gasteiger partial charge in [0.05, 0.1) is 25.2 Å². The molecule has 0 atom stereocenters. The zero-order valence-electron chi connectivity index (χ0n) is 12.1. The third-order valence-corrected chi connectivity index (χ3v) is 3.77. The largest absolute Gasteiger partial charge is 0.495 e. The molecule has 0 radical (unpaired) electrons. The SMILES string of the molecule is COc1c(-c2ccco2)ccc2cc(-c3ccco3)ccc12. The molecule has 0 aliphatic carbocycles. The molecule has 0 aliphatic heterocycles. The highest BCUT2D eigenvalue weighted by Gasteiger charge is 2.13. The summed E-state index contributed by atoms with van der Waals surface area (Å²) in [5.41, 5.74) is 2.00. The second-order valence-corrected chi connectivity index (χ2v) is 5.04. The van der Waals surface area contributed by atoms with Gasteiger partial charge in [0.2, 0.25) is 0 Å². The van der Waals surface area contributed by atoms with Crippen LogP contribution >= 0.6 is 0 Å². The molecule has 22 heavy (non-hydrogen) atoms. The summed E-state index contributed by atoms with van der Waals surface area (Å²) in [5.74, 6) is 2.48. The highest BCUT2D eigenvalue weighted by Crippen LogP contribution is 2.38. The lowest BCUT2D eigenvalue weighted by molar-refractivity contribution is 0.419. The predicted molar refractivity (Wildman–Crippen MR) is 85.9 cm³/mol. The average molecular weight is 290 g/mol. The molecule has 0 aliphatic rings. The quantitative estimate of drug-likeness (QED) is 0.509. The van der Waals surface area contributed by atoms with Crippen LogP contribution in [-0.4, -0.2) is 7.11 Å². The minimum Gasteiger partial charge on any atom is -0.495 e. The van der Waals surface area contributed by atoms with Gasteiger partial charge in [-0.3, -0.25) is 0 Å². The van der Waals surface area contributed by atoms with E-state index >= 15 is 0 Å². The smallest absolute Gasteiger partial charge is 0.137 e. The van der Waals surface area contributed by atoms with Gasteiger partial charge >= 0.3 is 0 Å². The van der Waals surface area contributed by atoms with Gasteiger partial charge in [0.15, 0.2) is 0 Å². The molecule has 2 aromatic heterocycles. The number of rotatable bonds is 3. The number of fused-ring (bicyclic) bond motifs is 1. The van der Waals surface area contributed by atoms with Crippen molar-refractivity contribution in [3.63, 3.8) is 0 Å². The third-order valence-electron chi connectivity index (χ3n) is 3.77. The summed E-state index contributed by atoms with van der Waals surface area (Å²) in [5, 5.41) is 2.15. The lowest BCUT2D eigenvalue weighted by Gasteiger charge is -2.11. The van der Waals surface area contributed by atoms with Crippen LogP contribution in [0.4, 0.5) is 0 Å². The summed E-state index contributed by atoms with van der Waals surface area (Å²) in [7, 11) is 1.68. The Morgan fingerprint density at radius 2 is 1.59 bits per heavy atom. The molecule has 0 bridgehead atoms. The monoisotopic (exact) mass is 290 g/mol. The Morgan fingerprint density at radius 3 is 2.27 bits per heavy atom. The topological polar surface area (TPSA) is 35.5 Å². The van der Waals surface area contributed by atoms with E-state index in [9.17, 15) is 0 Å². The fraction of sp³-hybridized carbons (Fsp3) is 0.0526. The van der Waals surface area contributed by atoms with Gasteiger partial charge in [-0.2, -0.15) is 0 Å². The van der Waals surface area contributed by atoms with E-state index in [4.69, 9.17) is 13.6 Å². The molecule has 3 nitrogen and oxygen atoms in total.